The van der Waals surface area contributed by atoms with E-state index >= 15 is 0 Å². The number of rotatable bonds is 3. The van der Waals surface area contributed by atoms with Crippen LogP contribution in [0.25, 0.3) is 0 Å². The number of carbonyl (C=O) groups is 2. The van der Waals surface area contributed by atoms with Crippen LogP contribution in [0.4, 0.5) is 0 Å². The van der Waals surface area contributed by atoms with Gasteiger partial charge in [-0.25, -0.2) is 9.59 Å². The zero-order valence-corrected chi connectivity index (χ0v) is 12.3. The lowest BCUT2D eigenvalue weighted by Crippen LogP contribution is -2.22. The molecule has 20 heavy (non-hydrogen) atoms. The summed E-state index contributed by atoms with van der Waals surface area (Å²) in [6, 6.07) is 7.97. The molecule has 4 nitrogen and oxygen atoms in total. The molecule has 1 aromatic rings. The van der Waals surface area contributed by atoms with Crippen LogP contribution in [0.2, 0.25) is 0 Å². The Labute approximate surface area is 124 Å². The summed E-state index contributed by atoms with van der Waals surface area (Å²) in [7, 11) is 0. The Balaban J connectivity index is 1.70. The average molecular weight is 337 g/mol. The number of benzene rings is 1. The van der Waals surface area contributed by atoms with Crippen molar-refractivity contribution in [1.29, 1.82) is 0 Å². The number of esters is 2. The van der Waals surface area contributed by atoms with E-state index in [1.165, 1.54) is 0 Å². The Morgan fingerprint density at radius 1 is 1.25 bits per heavy atom. The van der Waals surface area contributed by atoms with Crippen molar-refractivity contribution in [2.75, 3.05) is 0 Å². The van der Waals surface area contributed by atoms with Crippen LogP contribution in [0.15, 0.2) is 40.9 Å². The summed E-state index contributed by atoms with van der Waals surface area (Å²) in [5.41, 5.74) is 1.50. The van der Waals surface area contributed by atoms with Crippen molar-refractivity contribution in [3.8, 4) is 0 Å². The molecule has 2 aliphatic heterocycles. The highest BCUT2D eigenvalue weighted by Crippen LogP contribution is 2.38. The van der Waals surface area contributed by atoms with Crippen LogP contribution in [-0.2, 0) is 25.5 Å². The van der Waals surface area contributed by atoms with Gasteiger partial charge in [0, 0.05) is 10.0 Å². The van der Waals surface area contributed by atoms with Gasteiger partial charge in [0.15, 0.2) is 0 Å². The van der Waals surface area contributed by atoms with Gasteiger partial charge < -0.3 is 9.47 Å². The summed E-state index contributed by atoms with van der Waals surface area (Å²) in [6.45, 7) is 3.72. The van der Waals surface area contributed by atoms with Gasteiger partial charge in [0.05, 0.1) is 5.92 Å². The van der Waals surface area contributed by atoms with Crippen molar-refractivity contribution in [2.45, 2.75) is 25.0 Å². The fraction of sp³-hybridized carbons (Fsp3) is 0.333. The molecule has 2 aliphatic rings. The molecular weight excluding hydrogens is 324 g/mol. The predicted molar refractivity (Wildman–Crippen MR) is 74.9 cm³/mol. The number of aryl methyl sites for hydroxylation is 1. The molecule has 0 unspecified atom stereocenters. The molecule has 3 atom stereocenters. The maximum Gasteiger partial charge on any atom is 0.348 e. The minimum absolute atomic E-state index is 0.328. The van der Waals surface area contributed by atoms with Crippen LogP contribution in [0.5, 0.6) is 0 Å². The van der Waals surface area contributed by atoms with Gasteiger partial charge in [-0.05, 0) is 30.5 Å². The Morgan fingerprint density at radius 3 is 2.80 bits per heavy atom. The molecule has 5 heteroatoms. The molecule has 0 bridgehead atoms. The number of cyclic esters (lactones) is 1. The number of carbonyl (C=O) groups excluding carboxylic acids is 2. The van der Waals surface area contributed by atoms with Crippen molar-refractivity contribution in [2.24, 2.45) is 5.92 Å². The highest BCUT2D eigenvalue weighted by atomic mass is 79.9. The minimum Gasteiger partial charge on any atom is -0.459 e. The van der Waals surface area contributed by atoms with Gasteiger partial charge in [-0.15, -0.1) is 0 Å². The molecular formula is C15H13BrO4. The largest absolute Gasteiger partial charge is 0.459 e. The Hall–Kier alpha value is -1.62. The molecule has 0 saturated carbocycles. The van der Waals surface area contributed by atoms with Gasteiger partial charge in [0.1, 0.15) is 6.10 Å². The van der Waals surface area contributed by atoms with Crippen LogP contribution in [0.3, 0.4) is 0 Å². The number of hydrogen-bond donors (Lipinski definition) is 0. The van der Waals surface area contributed by atoms with E-state index in [-0.39, 0.29) is 12.0 Å². The molecule has 3 rings (SSSR count). The van der Waals surface area contributed by atoms with E-state index in [0.29, 0.717) is 12.0 Å². The lowest BCUT2D eigenvalue weighted by atomic mass is 9.90. The first-order chi connectivity index (χ1) is 9.56. The quantitative estimate of drug-likeness (QED) is 0.628. The van der Waals surface area contributed by atoms with Crippen molar-refractivity contribution >= 4 is 27.9 Å². The topological polar surface area (TPSA) is 52.6 Å². The van der Waals surface area contributed by atoms with E-state index in [1.54, 1.807) is 0 Å². The lowest BCUT2D eigenvalue weighted by Gasteiger charge is -2.14. The van der Waals surface area contributed by atoms with Gasteiger partial charge in [-0.2, -0.15) is 0 Å². The summed E-state index contributed by atoms with van der Waals surface area (Å²) in [4.78, 5) is 23.1. The van der Waals surface area contributed by atoms with Gasteiger partial charge in [0.2, 0.25) is 6.10 Å². The molecule has 0 N–H and O–H groups in total. The van der Waals surface area contributed by atoms with E-state index in [0.717, 1.165) is 16.5 Å². The summed E-state index contributed by atoms with van der Waals surface area (Å²) in [5.74, 6) is -1.27. The molecule has 2 heterocycles. The Morgan fingerprint density at radius 2 is 2.05 bits per heavy atom. The first-order valence-electron chi connectivity index (χ1n) is 6.41. The maximum atomic E-state index is 11.7. The molecule has 2 fully saturated rings. The lowest BCUT2D eigenvalue weighted by molar-refractivity contribution is -0.156. The molecule has 0 radical (unpaired) electrons. The van der Waals surface area contributed by atoms with Gasteiger partial charge >= 0.3 is 11.9 Å². The summed E-state index contributed by atoms with van der Waals surface area (Å²) in [6.07, 6.45) is 0.300. The fourth-order valence-electron chi connectivity index (χ4n) is 2.73. The van der Waals surface area contributed by atoms with Crippen LogP contribution in [0.1, 0.15) is 12.0 Å². The van der Waals surface area contributed by atoms with Crippen LogP contribution in [-0.4, -0.2) is 24.1 Å². The standard InChI is InChI=1S/C15H13BrO4/c1-8-12-11(19-15(18)13(12)20-14(8)17)6-5-9-3-2-4-10(16)7-9/h2-4,7,11-13H,1,5-6H2/t11-,12-,13-/m0/s1. The van der Waals surface area contributed by atoms with E-state index in [1.807, 2.05) is 24.3 Å². The summed E-state index contributed by atoms with van der Waals surface area (Å²) >= 11 is 3.42. The second-order valence-corrected chi connectivity index (χ2v) is 5.94. The van der Waals surface area contributed by atoms with Crippen LogP contribution in [0, 0.1) is 5.92 Å². The first-order valence-corrected chi connectivity index (χ1v) is 7.20. The summed E-state index contributed by atoms with van der Waals surface area (Å²) in [5, 5.41) is 0. The van der Waals surface area contributed by atoms with E-state index in [4.69, 9.17) is 9.47 Å². The van der Waals surface area contributed by atoms with Crippen molar-refractivity contribution in [3.05, 3.63) is 46.5 Å². The van der Waals surface area contributed by atoms with Gasteiger partial charge in [-0.3, -0.25) is 0 Å². The van der Waals surface area contributed by atoms with E-state index in [9.17, 15) is 9.59 Å². The monoisotopic (exact) mass is 336 g/mol. The summed E-state index contributed by atoms with van der Waals surface area (Å²) < 4.78 is 11.3. The third-order valence-corrected chi connectivity index (χ3v) is 4.22. The van der Waals surface area contributed by atoms with Crippen molar-refractivity contribution in [1.82, 2.24) is 0 Å². The van der Waals surface area contributed by atoms with Gasteiger partial charge in [0.25, 0.3) is 0 Å². The molecule has 0 spiro atoms. The molecule has 0 aromatic heterocycles. The normalized spacial score (nSPS) is 28.2. The molecule has 1 aromatic carbocycles. The van der Waals surface area contributed by atoms with Crippen LogP contribution >= 0.6 is 15.9 Å². The van der Waals surface area contributed by atoms with E-state index in [2.05, 4.69) is 22.5 Å². The molecule has 104 valence electrons. The number of fused-ring (bicyclic) bond motifs is 1. The Kier molecular flexibility index (Phi) is 3.38. The van der Waals surface area contributed by atoms with Crippen molar-refractivity contribution in [3.63, 3.8) is 0 Å². The fourth-order valence-corrected chi connectivity index (χ4v) is 3.17. The zero-order valence-electron chi connectivity index (χ0n) is 10.7. The molecule has 2 saturated heterocycles. The third kappa shape index (κ3) is 2.26. The maximum absolute atomic E-state index is 11.7. The average Bonchev–Trinajstić information content (AvgIpc) is 2.87. The highest BCUT2D eigenvalue weighted by Gasteiger charge is 2.54. The van der Waals surface area contributed by atoms with Crippen LogP contribution < -0.4 is 0 Å². The Bertz CT molecular complexity index is 595. The third-order valence-electron chi connectivity index (χ3n) is 3.73. The second kappa shape index (κ2) is 5.05. The smallest absolute Gasteiger partial charge is 0.348 e. The van der Waals surface area contributed by atoms with Crippen molar-refractivity contribution < 1.29 is 19.1 Å². The zero-order chi connectivity index (χ0) is 14.3. The molecule has 0 aliphatic carbocycles. The van der Waals surface area contributed by atoms with Gasteiger partial charge in [-0.1, -0.05) is 34.6 Å². The number of halogens is 1. The number of ether oxygens (including phenoxy) is 2. The van der Waals surface area contributed by atoms with E-state index < -0.39 is 18.0 Å². The highest BCUT2D eigenvalue weighted by molar-refractivity contribution is 9.10. The molecule has 0 amide bonds. The first kappa shape index (κ1) is 13.4. The second-order valence-electron chi connectivity index (χ2n) is 5.02. The number of hydrogen-bond acceptors (Lipinski definition) is 4. The SMILES string of the molecule is C=C1C(=O)O[C@@H]2C(=O)O[C@@H](CCc3cccc(Br)c3)[C@H]12. The predicted octanol–water partition coefficient (Wildman–Crippen LogP) is 2.40. The minimum atomic E-state index is -0.789.